The summed E-state index contributed by atoms with van der Waals surface area (Å²) in [5, 5.41) is 8.63. The van der Waals surface area contributed by atoms with Crippen molar-refractivity contribution in [1.29, 1.82) is 0 Å². The molecule has 1 aliphatic rings. The maximum Gasteiger partial charge on any atom is 0.165 e. The maximum atomic E-state index is 13.6. The van der Waals surface area contributed by atoms with Crippen molar-refractivity contribution in [3.63, 3.8) is 0 Å². The molecule has 0 saturated carbocycles. The zero-order chi connectivity index (χ0) is 12.8. The van der Waals surface area contributed by atoms with Crippen LogP contribution >= 0.6 is 0 Å². The highest BCUT2D eigenvalue weighted by molar-refractivity contribution is 5.40. The van der Waals surface area contributed by atoms with Gasteiger partial charge in [0.05, 0.1) is 19.8 Å². The van der Waals surface area contributed by atoms with Gasteiger partial charge >= 0.3 is 0 Å². The van der Waals surface area contributed by atoms with Crippen LogP contribution in [0.3, 0.4) is 0 Å². The molecule has 0 aliphatic carbocycles. The van der Waals surface area contributed by atoms with E-state index in [1.807, 2.05) is 0 Å². The zero-order valence-electron chi connectivity index (χ0n) is 9.99. The Hall–Kier alpha value is -1.57. The largest absolute Gasteiger partial charge is 0.485 e. The number of halogens is 1. The highest BCUT2D eigenvalue weighted by atomic mass is 19.1. The van der Waals surface area contributed by atoms with E-state index in [-0.39, 0.29) is 18.5 Å². The average Bonchev–Trinajstić information content (AvgIpc) is 2.86. The first-order chi connectivity index (χ1) is 8.79. The number of ether oxygens (including phenoxy) is 2. The highest BCUT2D eigenvalue weighted by Crippen LogP contribution is 2.22. The van der Waals surface area contributed by atoms with Crippen LogP contribution in [-0.4, -0.2) is 31.0 Å². The van der Waals surface area contributed by atoms with Crippen LogP contribution in [0.25, 0.3) is 0 Å². The van der Waals surface area contributed by atoms with Crippen molar-refractivity contribution in [3.05, 3.63) is 29.6 Å². The molecule has 1 unspecified atom stereocenters. The number of aliphatic hydroxyl groups is 1. The first kappa shape index (κ1) is 12.9. The van der Waals surface area contributed by atoms with Gasteiger partial charge in [0.1, 0.15) is 6.10 Å². The van der Waals surface area contributed by atoms with Crippen LogP contribution in [0.5, 0.6) is 5.75 Å². The molecular formula is C14H15FO3. The molecule has 0 amide bonds. The fourth-order valence-electron chi connectivity index (χ4n) is 1.68. The van der Waals surface area contributed by atoms with E-state index < -0.39 is 5.82 Å². The van der Waals surface area contributed by atoms with E-state index in [0.717, 1.165) is 6.42 Å². The van der Waals surface area contributed by atoms with Crippen LogP contribution in [0.4, 0.5) is 4.39 Å². The predicted molar refractivity (Wildman–Crippen MR) is 64.8 cm³/mol. The van der Waals surface area contributed by atoms with Crippen molar-refractivity contribution in [2.75, 3.05) is 19.8 Å². The van der Waals surface area contributed by atoms with Crippen LogP contribution in [0.1, 0.15) is 18.4 Å². The van der Waals surface area contributed by atoms with Gasteiger partial charge in [-0.2, -0.15) is 0 Å². The fraction of sp³-hybridized carbons (Fsp3) is 0.429. The minimum Gasteiger partial charge on any atom is -0.485 e. The molecule has 1 atom stereocenters. The molecule has 1 saturated heterocycles. The lowest BCUT2D eigenvalue weighted by Gasteiger charge is -2.12. The van der Waals surface area contributed by atoms with E-state index in [2.05, 4.69) is 11.8 Å². The summed E-state index contributed by atoms with van der Waals surface area (Å²) >= 11 is 0. The van der Waals surface area contributed by atoms with Crippen molar-refractivity contribution >= 4 is 0 Å². The van der Waals surface area contributed by atoms with Crippen molar-refractivity contribution in [1.82, 2.24) is 0 Å². The lowest BCUT2D eigenvalue weighted by Crippen LogP contribution is -2.16. The molecule has 2 rings (SSSR count). The average molecular weight is 250 g/mol. The Morgan fingerprint density at radius 2 is 2.39 bits per heavy atom. The van der Waals surface area contributed by atoms with Crippen molar-refractivity contribution in [2.45, 2.75) is 18.9 Å². The number of aliphatic hydroxyl groups excluding tert-OH is 1. The topological polar surface area (TPSA) is 38.7 Å². The van der Waals surface area contributed by atoms with Gasteiger partial charge in [-0.1, -0.05) is 11.8 Å². The Bertz CT molecular complexity index is 456. The first-order valence-corrected chi connectivity index (χ1v) is 5.93. The van der Waals surface area contributed by atoms with Gasteiger partial charge in [-0.05, 0) is 18.2 Å². The van der Waals surface area contributed by atoms with Gasteiger partial charge in [-0.25, -0.2) is 4.39 Å². The molecule has 0 spiro atoms. The van der Waals surface area contributed by atoms with Gasteiger partial charge in [-0.3, -0.25) is 0 Å². The molecule has 1 aliphatic heterocycles. The summed E-state index contributed by atoms with van der Waals surface area (Å²) in [4.78, 5) is 0. The Morgan fingerprint density at radius 1 is 1.50 bits per heavy atom. The van der Waals surface area contributed by atoms with E-state index >= 15 is 0 Å². The Balaban J connectivity index is 2.08. The van der Waals surface area contributed by atoms with Gasteiger partial charge in [0.25, 0.3) is 0 Å². The molecule has 4 heteroatoms. The SMILES string of the molecule is OCCC#Cc1ccc(F)c(OC2CCOC2)c1. The number of benzene rings is 1. The Morgan fingerprint density at radius 3 is 3.11 bits per heavy atom. The molecule has 1 aromatic rings. The Kier molecular flexibility index (Phi) is 4.57. The molecule has 0 aromatic heterocycles. The van der Waals surface area contributed by atoms with Gasteiger partial charge in [0, 0.05) is 18.4 Å². The maximum absolute atomic E-state index is 13.6. The summed E-state index contributed by atoms with van der Waals surface area (Å²) in [6.45, 7) is 1.18. The summed E-state index contributed by atoms with van der Waals surface area (Å²) in [6.07, 6.45) is 1.10. The van der Waals surface area contributed by atoms with E-state index in [0.29, 0.717) is 25.2 Å². The molecule has 1 aromatic carbocycles. The molecule has 96 valence electrons. The standard InChI is InChI=1S/C14H15FO3/c15-13-5-4-11(3-1-2-7-16)9-14(13)18-12-6-8-17-10-12/h4-5,9,12,16H,2,6-8,10H2. The molecule has 1 heterocycles. The van der Waals surface area contributed by atoms with E-state index in [4.69, 9.17) is 14.6 Å². The van der Waals surface area contributed by atoms with Crippen LogP contribution in [0, 0.1) is 17.7 Å². The normalized spacial score (nSPS) is 18.2. The van der Waals surface area contributed by atoms with Crippen LogP contribution in [0.2, 0.25) is 0 Å². The van der Waals surface area contributed by atoms with Gasteiger partial charge in [0.15, 0.2) is 11.6 Å². The van der Waals surface area contributed by atoms with Crippen LogP contribution in [0.15, 0.2) is 18.2 Å². The lowest BCUT2D eigenvalue weighted by molar-refractivity contribution is 0.138. The van der Waals surface area contributed by atoms with Crippen molar-refractivity contribution in [2.24, 2.45) is 0 Å². The number of rotatable bonds is 3. The van der Waals surface area contributed by atoms with E-state index in [1.54, 1.807) is 12.1 Å². The van der Waals surface area contributed by atoms with Gasteiger partial charge in [0.2, 0.25) is 0 Å². The fourth-order valence-corrected chi connectivity index (χ4v) is 1.68. The molecule has 3 nitrogen and oxygen atoms in total. The molecule has 18 heavy (non-hydrogen) atoms. The summed E-state index contributed by atoms with van der Waals surface area (Å²) in [7, 11) is 0. The highest BCUT2D eigenvalue weighted by Gasteiger charge is 2.18. The lowest BCUT2D eigenvalue weighted by atomic mass is 10.2. The van der Waals surface area contributed by atoms with Crippen LogP contribution < -0.4 is 4.74 Å². The second-order valence-corrected chi connectivity index (χ2v) is 4.02. The summed E-state index contributed by atoms with van der Waals surface area (Å²) in [5.41, 5.74) is 0.679. The molecule has 0 bridgehead atoms. The van der Waals surface area contributed by atoms with E-state index in [1.165, 1.54) is 6.07 Å². The minimum atomic E-state index is -0.394. The molecule has 0 radical (unpaired) electrons. The first-order valence-electron chi connectivity index (χ1n) is 5.93. The summed E-state index contributed by atoms with van der Waals surface area (Å²) in [5.74, 6) is 5.45. The Labute approximate surface area is 106 Å². The van der Waals surface area contributed by atoms with Gasteiger partial charge < -0.3 is 14.6 Å². The second kappa shape index (κ2) is 6.39. The number of hydrogen-bond acceptors (Lipinski definition) is 3. The quantitative estimate of drug-likeness (QED) is 0.830. The predicted octanol–water partition coefficient (Wildman–Crippen LogP) is 1.73. The van der Waals surface area contributed by atoms with E-state index in [9.17, 15) is 4.39 Å². The molecule has 1 fully saturated rings. The molecule has 1 N–H and O–H groups in total. The second-order valence-electron chi connectivity index (χ2n) is 4.02. The summed E-state index contributed by atoms with van der Waals surface area (Å²) in [6, 6.07) is 4.52. The third-order valence-electron chi connectivity index (χ3n) is 2.58. The monoisotopic (exact) mass is 250 g/mol. The molecular weight excluding hydrogens is 235 g/mol. The zero-order valence-corrected chi connectivity index (χ0v) is 9.99. The minimum absolute atomic E-state index is 0.0248. The smallest absolute Gasteiger partial charge is 0.165 e. The third kappa shape index (κ3) is 3.46. The summed E-state index contributed by atoms with van der Waals surface area (Å²) < 4.78 is 24.3. The third-order valence-corrected chi connectivity index (χ3v) is 2.58. The van der Waals surface area contributed by atoms with Gasteiger partial charge in [-0.15, -0.1) is 0 Å². The van der Waals surface area contributed by atoms with Crippen molar-refractivity contribution in [3.8, 4) is 17.6 Å². The number of hydrogen-bond donors (Lipinski definition) is 1. The van der Waals surface area contributed by atoms with Crippen LogP contribution in [-0.2, 0) is 4.74 Å². The van der Waals surface area contributed by atoms with Crippen molar-refractivity contribution < 1.29 is 19.0 Å².